The average molecular weight is 241 g/mol. The standard InChI is InChI=1S/C9H17BF3O3/c1-9(2,3)16-8(14)5-4-6-15-7-10(11,12)13/h4-7H2,1-3H3/q-1. The summed E-state index contributed by atoms with van der Waals surface area (Å²) in [6, 6.07) is 0. The Kier molecular flexibility index (Phi) is 5.85. The Labute approximate surface area is 93.3 Å². The first-order valence-electron chi connectivity index (χ1n) is 5.11. The Hall–Kier alpha value is -0.715. The molecular weight excluding hydrogens is 224 g/mol. The molecule has 16 heavy (non-hydrogen) atoms. The van der Waals surface area contributed by atoms with Gasteiger partial charge in [0.05, 0.1) is 0 Å². The maximum Gasteiger partial charge on any atom is 0.503 e. The predicted octanol–water partition coefficient (Wildman–Crippen LogP) is 2.51. The van der Waals surface area contributed by atoms with E-state index < -0.39 is 25.1 Å². The quantitative estimate of drug-likeness (QED) is 0.407. The molecule has 0 saturated carbocycles. The van der Waals surface area contributed by atoms with E-state index in [9.17, 15) is 17.7 Å². The summed E-state index contributed by atoms with van der Waals surface area (Å²) in [5.74, 6) is -0.423. The molecule has 0 aromatic carbocycles. The number of halogens is 3. The molecule has 0 aromatic rings. The fourth-order valence-electron chi connectivity index (χ4n) is 0.928. The van der Waals surface area contributed by atoms with Crippen LogP contribution in [0.15, 0.2) is 0 Å². The fourth-order valence-corrected chi connectivity index (χ4v) is 0.928. The van der Waals surface area contributed by atoms with Gasteiger partial charge in [0.25, 0.3) is 0 Å². The molecule has 0 atom stereocenters. The normalized spacial score (nSPS) is 12.6. The van der Waals surface area contributed by atoms with Crippen LogP contribution >= 0.6 is 0 Å². The molecule has 0 radical (unpaired) electrons. The van der Waals surface area contributed by atoms with Crippen molar-refractivity contribution in [3.8, 4) is 0 Å². The molecule has 0 N–H and O–H groups in total. The van der Waals surface area contributed by atoms with Crippen LogP contribution < -0.4 is 0 Å². The van der Waals surface area contributed by atoms with E-state index in [4.69, 9.17) is 4.74 Å². The highest BCUT2D eigenvalue weighted by Gasteiger charge is 2.23. The van der Waals surface area contributed by atoms with Gasteiger partial charge < -0.3 is 22.4 Å². The van der Waals surface area contributed by atoms with Gasteiger partial charge in [-0.15, -0.1) is 0 Å². The second-order valence-electron chi connectivity index (χ2n) is 4.48. The van der Waals surface area contributed by atoms with Gasteiger partial charge in [-0.05, 0) is 27.2 Å². The van der Waals surface area contributed by atoms with E-state index in [0.717, 1.165) is 0 Å². The zero-order valence-corrected chi connectivity index (χ0v) is 9.76. The van der Waals surface area contributed by atoms with Gasteiger partial charge in [0.15, 0.2) is 0 Å². The molecule has 7 heteroatoms. The van der Waals surface area contributed by atoms with Gasteiger partial charge in [-0.2, -0.15) is 0 Å². The molecule has 0 aliphatic carbocycles. The molecule has 0 rings (SSSR count). The topological polar surface area (TPSA) is 35.5 Å². The van der Waals surface area contributed by atoms with Gasteiger partial charge >= 0.3 is 12.9 Å². The first-order valence-corrected chi connectivity index (χ1v) is 5.11. The van der Waals surface area contributed by atoms with Gasteiger partial charge in [0.1, 0.15) is 5.60 Å². The van der Waals surface area contributed by atoms with Crippen molar-refractivity contribution < 1.29 is 27.2 Å². The Morgan fingerprint density at radius 2 is 1.81 bits per heavy atom. The van der Waals surface area contributed by atoms with Gasteiger partial charge in [0, 0.05) is 19.5 Å². The van der Waals surface area contributed by atoms with Gasteiger partial charge in [-0.25, -0.2) is 0 Å². The molecule has 0 saturated heterocycles. The summed E-state index contributed by atoms with van der Waals surface area (Å²) >= 11 is 0. The fraction of sp³-hybridized carbons (Fsp3) is 0.889. The number of rotatable bonds is 6. The summed E-state index contributed by atoms with van der Waals surface area (Å²) in [4.78, 5) is 11.1. The number of esters is 1. The minimum absolute atomic E-state index is 0.0716. The molecule has 96 valence electrons. The van der Waals surface area contributed by atoms with Crippen molar-refractivity contribution in [1.82, 2.24) is 0 Å². The van der Waals surface area contributed by atoms with E-state index in [1.54, 1.807) is 20.8 Å². The second kappa shape index (κ2) is 6.13. The van der Waals surface area contributed by atoms with Crippen LogP contribution in [-0.4, -0.2) is 31.7 Å². The maximum atomic E-state index is 11.7. The molecule has 0 fully saturated rings. The van der Waals surface area contributed by atoms with Crippen molar-refractivity contribution in [3.63, 3.8) is 0 Å². The lowest BCUT2D eigenvalue weighted by Gasteiger charge is -2.19. The summed E-state index contributed by atoms with van der Waals surface area (Å²) in [5, 5.41) is 0. The lowest BCUT2D eigenvalue weighted by atomic mass is 9.95. The highest BCUT2D eigenvalue weighted by molar-refractivity contribution is 6.58. The van der Waals surface area contributed by atoms with Crippen LogP contribution in [0.5, 0.6) is 0 Å². The largest absolute Gasteiger partial charge is 0.503 e. The molecular formula is C9H17BF3O3-. The molecule has 0 unspecified atom stereocenters. The number of hydrogen-bond acceptors (Lipinski definition) is 3. The van der Waals surface area contributed by atoms with Crippen LogP contribution in [-0.2, 0) is 14.3 Å². The molecule has 0 heterocycles. The van der Waals surface area contributed by atoms with Crippen LogP contribution in [0, 0.1) is 0 Å². The summed E-state index contributed by atoms with van der Waals surface area (Å²) in [7, 11) is 0. The van der Waals surface area contributed by atoms with Gasteiger partial charge in [-0.1, -0.05) is 0 Å². The summed E-state index contributed by atoms with van der Waals surface area (Å²) in [6.07, 6.45) is 0.309. The smallest absolute Gasteiger partial charge is 0.460 e. The van der Waals surface area contributed by atoms with Gasteiger partial charge in [0.2, 0.25) is 0 Å². The van der Waals surface area contributed by atoms with Crippen molar-refractivity contribution in [2.75, 3.05) is 13.1 Å². The Morgan fingerprint density at radius 1 is 1.25 bits per heavy atom. The van der Waals surface area contributed by atoms with E-state index in [-0.39, 0.29) is 19.4 Å². The van der Waals surface area contributed by atoms with Crippen molar-refractivity contribution in [2.24, 2.45) is 0 Å². The Bertz CT molecular complexity index is 223. The first kappa shape index (κ1) is 15.3. The molecule has 0 aliphatic rings. The number of hydrogen-bond donors (Lipinski definition) is 0. The Balaban J connectivity index is 3.50. The van der Waals surface area contributed by atoms with E-state index in [1.807, 2.05) is 0 Å². The number of carbonyl (C=O) groups excluding carboxylic acids is 1. The molecule has 0 amide bonds. The number of carbonyl (C=O) groups is 1. The van der Waals surface area contributed by atoms with Crippen LogP contribution in [0.4, 0.5) is 12.9 Å². The average Bonchev–Trinajstić information content (AvgIpc) is 1.97. The highest BCUT2D eigenvalue weighted by atomic mass is 19.4. The van der Waals surface area contributed by atoms with E-state index in [2.05, 4.69) is 4.74 Å². The van der Waals surface area contributed by atoms with Crippen molar-refractivity contribution in [1.29, 1.82) is 0 Å². The SMILES string of the molecule is CC(C)(C)OC(=O)CCCOC[B-](F)(F)F. The molecule has 0 bridgehead atoms. The van der Waals surface area contributed by atoms with E-state index in [1.165, 1.54) is 0 Å². The Morgan fingerprint density at radius 3 is 2.25 bits per heavy atom. The minimum Gasteiger partial charge on any atom is -0.460 e. The summed E-state index contributed by atoms with van der Waals surface area (Å²) in [5.41, 5.74) is -0.562. The van der Waals surface area contributed by atoms with Crippen molar-refractivity contribution in [2.45, 2.75) is 39.2 Å². The lowest BCUT2D eigenvalue weighted by molar-refractivity contribution is -0.155. The molecule has 0 aliphatic heterocycles. The van der Waals surface area contributed by atoms with Crippen molar-refractivity contribution in [3.05, 3.63) is 0 Å². The summed E-state index contributed by atoms with van der Waals surface area (Å²) in [6.45, 7) is -1.01. The second-order valence-corrected chi connectivity index (χ2v) is 4.48. The highest BCUT2D eigenvalue weighted by Crippen LogP contribution is 2.10. The van der Waals surface area contributed by atoms with Gasteiger partial charge in [-0.3, -0.25) is 4.79 Å². The third kappa shape index (κ3) is 11.4. The van der Waals surface area contributed by atoms with Crippen LogP contribution in [0.2, 0.25) is 0 Å². The van der Waals surface area contributed by atoms with Crippen LogP contribution in [0.1, 0.15) is 33.6 Å². The molecule has 0 spiro atoms. The van der Waals surface area contributed by atoms with Crippen molar-refractivity contribution >= 4 is 12.9 Å². The zero-order chi connectivity index (χ0) is 12.8. The number of ether oxygens (including phenoxy) is 2. The van der Waals surface area contributed by atoms with Crippen LogP contribution in [0.3, 0.4) is 0 Å². The minimum atomic E-state index is -4.90. The molecule has 3 nitrogen and oxygen atoms in total. The van der Waals surface area contributed by atoms with E-state index >= 15 is 0 Å². The lowest BCUT2D eigenvalue weighted by Crippen LogP contribution is -2.25. The first-order chi connectivity index (χ1) is 7.10. The third-order valence-corrected chi connectivity index (χ3v) is 1.40. The predicted molar refractivity (Wildman–Crippen MR) is 55.0 cm³/mol. The van der Waals surface area contributed by atoms with Crippen LogP contribution in [0.25, 0.3) is 0 Å². The molecule has 0 aromatic heterocycles. The third-order valence-electron chi connectivity index (χ3n) is 1.40. The monoisotopic (exact) mass is 241 g/mol. The maximum absolute atomic E-state index is 11.7. The van der Waals surface area contributed by atoms with E-state index in [0.29, 0.717) is 0 Å². The summed E-state index contributed by atoms with van der Waals surface area (Å²) < 4.78 is 44.5. The zero-order valence-electron chi connectivity index (χ0n) is 9.76.